The predicted octanol–water partition coefficient (Wildman–Crippen LogP) is 2.72. The molecular weight excluding hydrogens is 342 g/mol. The summed E-state index contributed by atoms with van der Waals surface area (Å²) in [5.74, 6) is 0.590. The Labute approximate surface area is 158 Å². The highest BCUT2D eigenvalue weighted by molar-refractivity contribution is 5.95. The van der Waals surface area contributed by atoms with Crippen molar-refractivity contribution in [1.82, 2.24) is 4.90 Å². The molecule has 1 fully saturated rings. The van der Waals surface area contributed by atoms with E-state index in [1.54, 1.807) is 41.1 Å². The Bertz CT molecular complexity index is 854. The third-order valence-corrected chi connectivity index (χ3v) is 4.51. The molecule has 1 saturated heterocycles. The molecule has 138 valence electrons. The van der Waals surface area contributed by atoms with Gasteiger partial charge in [-0.1, -0.05) is 12.1 Å². The van der Waals surface area contributed by atoms with Gasteiger partial charge in [0.05, 0.1) is 11.6 Å². The van der Waals surface area contributed by atoms with E-state index in [0.29, 0.717) is 24.3 Å². The fourth-order valence-electron chi connectivity index (χ4n) is 2.95. The standard InChI is InChI=1S/C21H21N3O3/c1-23(14-17-6-4-16(13-22)5-7-17)21(26)15-27-19-10-8-18(9-11-19)24-12-2-3-20(24)25/h4-11H,2-3,12,14-15H2,1H3. The monoisotopic (exact) mass is 363 g/mol. The van der Waals surface area contributed by atoms with Crippen LogP contribution in [0.4, 0.5) is 5.69 Å². The summed E-state index contributed by atoms with van der Waals surface area (Å²) in [4.78, 5) is 27.4. The Hall–Kier alpha value is -3.33. The van der Waals surface area contributed by atoms with Gasteiger partial charge in [0.25, 0.3) is 5.91 Å². The van der Waals surface area contributed by atoms with Crippen molar-refractivity contribution in [2.75, 3.05) is 25.1 Å². The largest absolute Gasteiger partial charge is 0.484 e. The average Bonchev–Trinajstić information content (AvgIpc) is 3.13. The van der Waals surface area contributed by atoms with E-state index < -0.39 is 0 Å². The van der Waals surface area contributed by atoms with Crippen molar-refractivity contribution in [3.05, 3.63) is 59.7 Å². The summed E-state index contributed by atoms with van der Waals surface area (Å²) in [6, 6.07) is 16.4. The van der Waals surface area contributed by atoms with Crippen LogP contribution in [0.25, 0.3) is 0 Å². The zero-order valence-corrected chi connectivity index (χ0v) is 15.2. The molecule has 1 heterocycles. The van der Waals surface area contributed by atoms with Crippen molar-refractivity contribution >= 4 is 17.5 Å². The topological polar surface area (TPSA) is 73.6 Å². The second-order valence-electron chi connectivity index (χ2n) is 6.49. The number of carbonyl (C=O) groups excluding carboxylic acids is 2. The molecule has 6 heteroatoms. The summed E-state index contributed by atoms with van der Waals surface area (Å²) in [7, 11) is 1.71. The van der Waals surface area contributed by atoms with E-state index in [0.717, 1.165) is 24.2 Å². The van der Waals surface area contributed by atoms with Gasteiger partial charge in [0.2, 0.25) is 5.91 Å². The van der Waals surface area contributed by atoms with Crippen LogP contribution in [0.2, 0.25) is 0 Å². The van der Waals surface area contributed by atoms with Gasteiger partial charge in [-0.05, 0) is 48.4 Å². The Morgan fingerprint density at radius 2 is 1.89 bits per heavy atom. The number of ether oxygens (including phenoxy) is 1. The molecular formula is C21H21N3O3. The van der Waals surface area contributed by atoms with E-state index in [2.05, 4.69) is 6.07 Å². The summed E-state index contributed by atoms with van der Waals surface area (Å²) in [6.07, 6.45) is 1.48. The number of likely N-dealkylation sites (N-methyl/N-ethyl adjacent to an activating group) is 1. The zero-order valence-electron chi connectivity index (χ0n) is 15.2. The van der Waals surface area contributed by atoms with Crippen LogP contribution in [0, 0.1) is 11.3 Å². The minimum atomic E-state index is -0.141. The van der Waals surface area contributed by atoms with Gasteiger partial charge in [-0.2, -0.15) is 5.26 Å². The maximum Gasteiger partial charge on any atom is 0.260 e. The molecule has 1 aliphatic heterocycles. The maximum absolute atomic E-state index is 12.3. The maximum atomic E-state index is 12.3. The third kappa shape index (κ3) is 4.64. The molecule has 2 aromatic rings. The zero-order chi connectivity index (χ0) is 19.2. The molecule has 1 aliphatic rings. The molecule has 0 bridgehead atoms. The summed E-state index contributed by atoms with van der Waals surface area (Å²) in [6.45, 7) is 1.14. The lowest BCUT2D eigenvalue weighted by Gasteiger charge is -2.18. The van der Waals surface area contributed by atoms with Gasteiger partial charge in [-0.25, -0.2) is 0 Å². The molecule has 0 aliphatic carbocycles. The van der Waals surface area contributed by atoms with Crippen LogP contribution in [0.5, 0.6) is 5.75 Å². The van der Waals surface area contributed by atoms with Crippen LogP contribution in [0.15, 0.2) is 48.5 Å². The Balaban J connectivity index is 1.50. The van der Waals surface area contributed by atoms with Crippen LogP contribution in [0.1, 0.15) is 24.0 Å². The van der Waals surface area contributed by atoms with Crippen molar-refractivity contribution in [2.45, 2.75) is 19.4 Å². The molecule has 0 atom stereocenters. The first-order chi connectivity index (χ1) is 13.1. The van der Waals surface area contributed by atoms with E-state index in [1.807, 2.05) is 24.3 Å². The average molecular weight is 363 g/mol. The number of anilines is 1. The van der Waals surface area contributed by atoms with Crippen LogP contribution in [-0.4, -0.2) is 36.9 Å². The van der Waals surface area contributed by atoms with E-state index in [4.69, 9.17) is 10.00 Å². The quantitative estimate of drug-likeness (QED) is 0.791. The number of hydrogen-bond acceptors (Lipinski definition) is 4. The van der Waals surface area contributed by atoms with Gasteiger partial charge in [0, 0.05) is 32.2 Å². The fraction of sp³-hybridized carbons (Fsp3) is 0.286. The highest BCUT2D eigenvalue weighted by Gasteiger charge is 2.21. The van der Waals surface area contributed by atoms with Gasteiger partial charge in [-0.15, -0.1) is 0 Å². The highest BCUT2D eigenvalue weighted by Crippen LogP contribution is 2.23. The lowest BCUT2D eigenvalue weighted by Crippen LogP contribution is -2.31. The predicted molar refractivity (Wildman–Crippen MR) is 101 cm³/mol. The first-order valence-corrected chi connectivity index (χ1v) is 8.83. The van der Waals surface area contributed by atoms with Gasteiger partial charge >= 0.3 is 0 Å². The second-order valence-corrected chi connectivity index (χ2v) is 6.49. The number of nitrogens with zero attached hydrogens (tertiary/aromatic N) is 3. The van der Waals surface area contributed by atoms with Gasteiger partial charge in [0.1, 0.15) is 5.75 Å². The molecule has 0 unspecified atom stereocenters. The Kier molecular flexibility index (Phi) is 5.72. The van der Waals surface area contributed by atoms with Gasteiger partial charge in [-0.3, -0.25) is 9.59 Å². The third-order valence-electron chi connectivity index (χ3n) is 4.51. The molecule has 6 nitrogen and oxygen atoms in total. The summed E-state index contributed by atoms with van der Waals surface area (Å²) >= 11 is 0. The summed E-state index contributed by atoms with van der Waals surface area (Å²) in [5, 5.41) is 8.82. The lowest BCUT2D eigenvalue weighted by atomic mass is 10.1. The fourth-order valence-corrected chi connectivity index (χ4v) is 2.95. The number of rotatable bonds is 6. The van der Waals surface area contributed by atoms with Gasteiger partial charge in [0.15, 0.2) is 6.61 Å². The van der Waals surface area contributed by atoms with E-state index >= 15 is 0 Å². The van der Waals surface area contributed by atoms with Crippen LogP contribution in [0.3, 0.4) is 0 Å². The number of hydrogen-bond donors (Lipinski definition) is 0. The minimum absolute atomic E-state index is 0.0607. The molecule has 0 saturated carbocycles. The highest BCUT2D eigenvalue weighted by atomic mass is 16.5. The molecule has 27 heavy (non-hydrogen) atoms. The van der Waals surface area contributed by atoms with Crippen molar-refractivity contribution < 1.29 is 14.3 Å². The van der Waals surface area contributed by atoms with Crippen LogP contribution in [-0.2, 0) is 16.1 Å². The van der Waals surface area contributed by atoms with Crippen LogP contribution >= 0.6 is 0 Å². The summed E-state index contributed by atoms with van der Waals surface area (Å²) in [5.41, 5.74) is 2.40. The first kappa shape index (κ1) is 18.5. The van der Waals surface area contributed by atoms with Gasteiger partial charge < -0.3 is 14.5 Å². The SMILES string of the molecule is CN(Cc1ccc(C#N)cc1)C(=O)COc1ccc(N2CCCC2=O)cc1. The lowest BCUT2D eigenvalue weighted by molar-refractivity contribution is -0.132. The molecule has 0 radical (unpaired) electrons. The Morgan fingerprint density at radius 1 is 1.19 bits per heavy atom. The number of carbonyl (C=O) groups is 2. The number of amides is 2. The molecule has 2 amide bonds. The molecule has 3 rings (SSSR count). The second kappa shape index (κ2) is 8.37. The number of benzene rings is 2. The smallest absolute Gasteiger partial charge is 0.260 e. The Morgan fingerprint density at radius 3 is 2.48 bits per heavy atom. The molecule has 0 N–H and O–H groups in total. The number of nitriles is 1. The van der Waals surface area contributed by atoms with Crippen LogP contribution < -0.4 is 9.64 Å². The van der Waals surface area contributed by atoms with Crippen molar-refractivity contribution in [3.8, 4) is 11.8 Å². The molecule has 2 aromatic carbocycles. The summed E-state index contributed by atoms with van der Waals surface area (Å²) < 4.78 is 5.57. The van der Waals surface area contributed by atoms with Crippen molar-refractivity contribution in [2.24, 2.45) is 0 Å². The van der Waals surface area contributed by atoms with Crippen molar-refractivity contribution in [1.29, 1.82) is 5.26 Å². The normalized spacial score (nSPS) is 13.3. The minimum Gasteiger partial charge on any atom is -0.484 e. The van der Waals surface area contributed by atoms with E-state index in [-0.39, 0.29) is 18.4 Å². The first-order valence-electron chi connectivity index (χ1n) is 8.83. The molecule has 0 spiro atoms. The molecule has 0 aromatic heterocycles. The van der Waals surface area contributed by atoms with E-state index in [9.17, 15) is 9.59 Å². The van der Waals surface area contributed by atoms with Crippen molar-refractivity contribution in [3.63, 3.8) is 0 Å². The van der Waals surface area contributed by atoms with E-state index in [1.165, 1.54) is 0 Å².